The molecule has 0 aliphatic carbocycles. The normalized spacial score (nSPS) is 14.9. The predicted octanol–water partition coefficient (Wildman–Crippen LogP) is 1.39. The van der Waals surface area contributed by atoms with Gasteiger partial charge in [-0.1, -0.05) is 27.7 Å². The summed E-state index contributed by atoms with van der Waals surface area (Å²) < 4.78 is 0. The molecule has 0 aliphatic heterocycles. The Bertz CT molecular complexity index is 275. The number of likely N-dealkylation sites (N-methyl/N-ethyl adjacent to an activating group) is 1. The quantitative estimate of drug-likeness (QED) is 0.764. The molecular formula is C13H25N2O2. The number of carbonyl (C=O) groups is 2. The Morgan fingerprint density at radius 3 is 1.94 bits per heavy atom. The lowest BCUT2D eigenvalue weighted by atomic mass is 9.97. The highest BCUT2D eigenvalue weighted by Crippen LogP contribution is 2.14. The van der Waals surface area contributed by atoms with E-state index >= 15 is 0 Å². The zero-order valence-corrected chi connectivity index (χ0v) is 11.8. The van der Waals surface area contributed by atoms with Crippen LogP contribution in [0, 0.1) is 11.8 Å². The summed E-state index contributed by atoms with van der Waals surface area (Å²) in [6.45, 7) is 9.24. The van der Waals surface area contributed by atoms with E-state index in [2.05, 4.69) is 0 Å². The van der Waals surface area contributed by atoms with Crippen LogP contribution in [0.15, 0.2) is 0 Å². The monoisotopic (exact) mass is 241 g/mol. The minimum absolute atomic E-state index is 0.0300. The van der Waals surface area contributed by atoms with E-state index in [1.165, 1.54) is 11.8 Å². The molecule has 0 aromatic heterocycles. The van der Waals surface area contributed by atoms with E-state index in [1.54, 1.807) is 7.05 Å². The van der Waals surface area contributed by atoms with Crippen LogP contribution in [-0.4, -0.2) is 35.7 Å². The molecule has 99 valence electrons. The van der Waals surface area contributed by atoms with E-state index in [1.807, 2.05) is 27.7 Å². The van der Waals surface area contributed by atoms with Crippen molar-refractivity contribution in [1.82, 2.24) is 4.90 Å². The molecule has 0 unspecified atom stereocenters. The van der Waals surface area contributed by atoms with Crippen LogP contribution in [0.5, 0.6) is 0 Å². The zero-order valence-electron chi connectivity index (χ0n) is 11.8. The molecule has 4 heteroatoms. The maximum absolute atomic E-state index is 12.1. The van der Waals surface area contributed by atoms with Crippen molar-refractivity contribution in [2.24, 2.45) is 11.7 Å². The van der Waals surface area contributed by atoms with Crippen LogP contribution in [0.2, 0.25) is 0 Å². The molecule has 2 atom stereocenters. The molecule has 0 aromatic rings. The molecule has 0 bridgehead atoms. The summed E-state index contributed by atoms with van der Waals surface area (Å²) in [6, 6.07) is -0.984. The summed E-state index contributed by atoms with van der Waals surface area (Å²) >= 11 is 0. The Balaban J connectivity index is 4.71. The Hall–Kier alpha value is -0.900. The van der Waals surface area contributed by atoms with Crippen molar-refractivity contribution >= 4 is 11.7 Å². The van der Waals surface area contributed by atoms with Gasteiger partial charge in [0.15, 0.2) is 5.78 Å². The molecule has 2 N–H and O–H groups in total. The first-order valence-electron chi connectivity index (χ1n) is 6.01. The average Bonchev–Trinajstić information content (AvgIpc) is 2.13. The summed E-state index contributed by atoms with van der Waals surface area (Å²) in [7, 11) is 1.64. The first-order chi connectivity index (χ1) is 7.68. The zero-order chi connectivity index (χ0) is 13.7. The highest BCUT2D eigenvalue weighted by molar-refractivity contribution is 5.90. The number of hydrogen-bond acceptors (Lipinski definition) is 3. The highest BCUT2D eigenvalue weighted by Gasteiger charge is 2.30. The number of nitrogens with two attached hydrogens (primary N) is 1. The number of amides is 1. The number of hydrogen-bond donors (Lipinski definition) is 1. The van der Waals surface area contributed by atoms with Crippen molar-refractivity contribution in [2.75, 3.05) is 7.05 Å². The fourth-order valence-corrected chi connectivity index (χ4v) is 2.06. The predicted molar refractivity (Wildman–Crippen MR) is 69.3 cm³/mol. The van der Waals surface area contributed by atoms with Crippen molar-refractivity contribution < 1.29 is 9.59 Å². The van der Waals surface area contributed by atoms with Gasteiger partial charge < -0.3 is 10.6 Å². The number of nitrogens with zero attached hydrogens (tertiary/aromatic N) is 1. The molecular weight excluding hydrogens is 216 g/mol. The lowest BCUT2D eigenvalue weighted by molar-refractivity contribution is -0.138. The van der Waals surface area contributed by atoms with Gasteiger partial charge >= 0.3 is 0 Å². The largest absolute Gasteiger partial charge is 0.334 e. The number of carbonyl (C=O) groups excluding carboxylic acids is 2. The smallest absolute Gasteiger partial charge is 0.239 e. The maximum Gasteiger partial charge on any atom is 0.239 e. The fourth-order valence-electron chi connectivity index (χ4n) is 2.06. The van der Waals surface area contributed by atoms with E-state index in [0.717, 1.165) is 5.92 Å². The van der Waals surface area contributed by atoms with E-state index in [9.17, 15) is 9.59 Å². The van der Waals surface area contributed by atoms with Gasteiger partial charge in [0.2, 0.25) is 5.91 Å². The van der Waals surface area contributed by atoms with Crippen molar-refractivity contribution in [1.29, 1.82) is 0 Å². The maximum atomic E-state index is 12.1. The van der Waals surface area contributed by atoms with Gasteiger partial charge in [0, 0.05) is 7.05 Å². The lowest BCUT2D eigenvalue weighted by Gasteiger charge is -2.31. The van der Waals surface area contributed by atoms with Crippen LogP contribution in [0.4, 0.5) is 0 Å². The molecule has 0 aromatic carbocycles. The van der Waals surface area contributed by atoms with Gasteiger partial charge in [0.1, 0.15) is 0 Å². The molecule has 0 heterocycles. The second-order valence-corrected chi connectivity index (χ2v) is 5.28. The molecule has 1 radical (unpaired) electrons. The minimum Gasteiger partial charge on any atom is -0.334 e. The van der Waals surface area contributed by atoms with Crippen molar-refractivity contribution in [3.63, 3.8) is 0 Å². The Labute approximate surface area is 105 Å². The Morgan fingerprint density at radius 2 is 1.65 bits per heavy atom. The standard InChI is InChI=1S/C13H25N2O2/c1-8(2)7-11(14)13(17)15(6)12(9(3)4)10(5)16/h8,11-12H,7,14H2,1-6H3/t11-,12-/m0/s1. The Kier molecular flexibility index (Phi) is 6.39. The number of rotatable bonds is 6. The lowest BCUT2D eigenvalue weighted by Crippen LogP contribution is -2.50. The van der Waals surface area contributed by atoms with Gasteiger partial charge in [0.05, 0.1) is 12.1 Å². The minimum atomic E-state index is -0.527. The van der Waals surface area contributed by atoms with Gasteiger partial charge in [-0.3, -0.25) is 9.59 Å². The molecule has 0 rings (SSSR count). The van der Waals surface area contributed by atoms with Gasteiger partial charge in [-0.25, -0.2) is 0 Å². The second-order valence-electron chi connectivity index (χ2n) is 5.28. The third-order valence-corrected chi connectivity index (χ3v) is 2.71. The van der Waals surface area contributed by atoms with E-state index in [0.29, 0.717) is 12.3 Å². The highest BCUT2D eigenvalue weighted by atomic mass is 16.2. The van der Waals surface area contributed by atoms with E-state index in [-0.39, 0.29) is 11.7 Å². The first kappa shape index (κ1) is 16.1. The summed E-state index contributed by atoms with van der Waals surface area (Å²) in [5.41, 5.74) is 5.85. The molecule has 0 saturated heterocycles. The molecule has 0 spiro atoms. The molecule has 0 fully saturated rings. The van der Waals surface area contributed by atoms with Gasteiger partial charge in [0.25, 0.3) is 0 Å². The van der Waals surface area contributed by atoms with Gasteiger partial charge in [-0.05, 0) is 25.2 Å². The SMILES string of the molecule is C[C](C)[C@@H](C(C)=O)N(C)C(=O)[C@@H](N)CC(C)C. The molecule has 0 saturated carbocycles. The topological polar surface area (TPSA) is 63.4 Å². The van der Waals surface area contributed by atoms with Gasteiger partial charge in [-0.2, -0.15) is 0 Å². The molecule has 17 heavy (non-hydrogen) atoms. The van der Waals surface area contributed by atoms with Crippen molar-refractivity contribution in [3.05, 3.63) is 5.92 Å². The van der Waals surface area contributed by atoms with Crippen molar-refractivity contribution in [3.8, 4) is 0 Å². The van der Waals surface area contributed by atoms with E-state index in [4.69, 9.17) is 5.73 Å². The van der Waals surface area contributed by atoms with Crippen LogP contribution in [0.25, 0.3) is 0 Å². The molecule has 0 aliphatic rings. The van der Waals surface area contributed by atoms with Crippen LogP contribution in [0.1, 0.15) is 41.0 Å². The summed E-state index contributed by atoms with van der Waals surface area (Å²) in [4.78, 5) is 25.0. The Morgan fingerprint density at radius 1 is 1.18 bits per heavy atom. The average molecular weight is 241 g/mol. The first-order valence-corrected chi connectivity index (χ1v) is 6.01. The second kappa shape index (κ2) is 6.74. The van der Waals surface area contributed by atoms with Crippen LogP contribution in [-0.2, 0) is 9.59 Å². The fraction of sp³-hybridized carbons (Fsp3) is 0.769. The summed E-state index contributed by atoms with van der Waals surface area (Å²) in [6.07, 6.45) is 0.635. The third kappa shape index (κ3) is 4.86. The summed E-state index contributed by atoms with van der Waals surface area (Å²) in [5, 5.41) is 0. The molecule has 1 amide bonds. The third-order valence-electron chi connectivity index (χ3n) is 2.71. The van der Waals surface area contributed by atoms with Crippen LogP contribution < -0.4 is 5.73 Å². The summed E-state index contributed by atoms with van der Waals surface area (Å²) in [5.74, 6) is 1.08. The van der Waals surface area contributed by atoms with Crippen LogP contribution >= 0.6 is 0 Å². The number of ketones is 1. The van der Waals surface area contributed by atoms with Crippen LogP contribution in [0.3, 0.4) is 0 Å². The van der Waals surface area contributed by atoms with Crippen molar-refractivity contribution in [2.45, 2.75) is 53.1 Å². The number of Topliss-reactive ketones (excluding diaryl/α,β-unsaturated/α-hetero) is 1. The van der Waals surface area contributed by atoms with E-state index < -0.39 is 12.1 Å². The van der Waals surface area contributed by atoms with Gasteiger partial charge in [-0.15, -0.1) is 0 Å². The molecule has 4 nitrogen and oxygen atoms in total.